The van der Waals surface area contributed by atoms with E-state index in [1.54, 1.807) is 24.3 Å². The van der Waals surface area contributed by atoms with Gasteiger partial charge in [0, 0.05) is 12.2 Å². The van der Waals surface area contributed by atoms with Crippen molar-refractivity contribution in [3.05, 3.63) is 66.2 Å². The Labute approximate surface area is 124 Å². The Bertz CT molecular complexity index is 597. The largest absolute Gasteiger partial charge is 0.347 e. The molecule has 0 aliphatic rings. The zero-order chi connectivity index (χ0) is 15.1. The first-order valence-electron chi connectivity index (χ1n) is 6.86. The van der Waals surface area contributed by atoms with Gasteiger partial charge in [-0.15, -0.1) is 0 Å². The van der Waals surface area contributed by atoms with E-state index in [4.69, 9.17) is 0 Å². The number of hydrogen-bond donors (Lipinski definition) is 2. The van der Waals surface area contributed by atoms with E-state index in [0.29, 0.717) is 12.2 Å². The van der Waals surface area contributed by atoms with Crippen LogP contribution in [0, 0.1) is 0 Å². The summed E-state index contributed by atoms with van der Waals surface area (Å²) in [7, 11) is 0. The third-order valence-electron chi connectivity index (χ3n) is 3.18. The maximum absolute atomic E-state index is 11.8. The van der Waals surface area contributed by atoms with Crippen molar-refractivity contribution in [2.24, 2.45) is 0 Å². The molecule has 0 radical (unpaired) electrons. The van der Waals surface area contributed by atoms with E-state index >= 15 is 0 Å². The first-order valence-corrected chi connectivity index (χ1v) is 6.86. The van der Waals surface area contributed by atoms with E-state index in [1.807, 2.05) is 43.3 Å². The Hall–Kier alpha value is -2.62. The van der Waals surface area contributed by atoms with E-state index in [2.05, 4.69) is 10.6 Å². The molecule has 21 heavy (non-hydrogen) atoms. The second-order valence-electron chi connectivity index (χ2n) is 4.84. The number of carbonyl (C=O) groups excluding carboxylic acids is 2. The summed E-state index contributed by atoms with van der Waals surface area (Å²) in [5.41, 5.74) is 1.73. The van der Waals surface area contributed by atoms with Gasteiger partial charge in [0.05, 0.1) is 0 Å². The van der Waals surface area contributed by atoms with Crippen LogP contribution < -0.4 is 10.6 Å². The molecule has 108 valence electrons. The number of benzene rings is 2. The molecule has 4 heteroatoms. The van der Waals surface area contributed by atoms with Gasteiger partial charge in [-0.3, -0.25) is 9.59 Å². The third-order valence-corrected chi connectivity index (χ3v) is 3.18. The zero-order valence-electron chi connectivity index (χ0n) is 11.9. The van der Waals surface area contributed by atoms with Crippen molar-refractivity contribution in [2.45, 2.75) is 12.8 Å². The third kappa shape index (κ3) is 4.45. The molecule has 0 bridgehead atoms. The smallest absolute Gasteiger partial charge is 0.313 e. The number of hydrogen-bond acceptors (Lipinski definition) is 2. The number of rotatable bonds is 4. The molecule has 0 unspecified atom stereocenters. The summed E-state index contributed by atoms with van der Waals surface area (Å²) >= 11 is 0. The van der Waals surface area contributed by atoms with Crippen molar-refractivity contribution in [1.82, 2.24) is 5.32 Å². The lowest BCUT2D eigenvalue weighted by atomic mass is 10.0. The molecule has 4 nitrogen and oxygen atoms in total. The minimum Gasteiger partial charge on any atom is -0.347 e. The summed E-state index contributed by atoms with van der Waals surface area (Å²) < 4.78 is 0. The van der Waals surface area contributed by atoms with Gasteiger partial charge in [-0.1, -0.05) is 55.5 Å². The van der Waals surface area contributed by atoms with Crippen molar-refractivity contribution < 1.29 is 9.59 Å². The summed E-state index contributed by atoms with van der Waals surface area (Å²) in [4.78, 5) is 23.5. The highest BCUT2D eigenvalue weighted by atomic mass is 16.2. The average Bonchev–Trinajstić information content (AvgIpc) is 2.54. The van der Waals surface area contributed by atoms with Crippen LogP contribution in [0.4, 0.5) is 5.69 Å². The van der Waals surface area contributed by atoms with Crippen molar-refractivity contribution in [3.8, 4) is 0 Å². The first kappa shape index (κ1) is 14.8. The quantitative estimate of drug-likeness (QED) is 0.847. The lowest BCUT2D eigenvalue weighted by Crippen LogP contribution is -2.37. The van der Waals surface area contributed by atoms with Gasteiger partial charge in [-0.05, 0) is 23.6 Å². The van der Waals surface area contributed by atoms with Crippen LogP contribution in [-0.2, 0) is 9.59 Å². The maximum Gasteiger partial charge on any atom is 0.313 e. The van der Waals surface area contributed by atoms with Gasteiger partial charge in [-0.2, -0.15) is 0 Å². The molecular formula is C17H18N2O2. The van der Waals surface area contributed by atoms with Crippen LogP contribution in [0.25, 0.3) is 0 Å². The SMILES string of the molecule is C[C@H](CNC(=O)C(=O)Nc1ccccc1)c1ccccc1. The van der Waals surface area contributed by atoms with Crippen molar-refractivity contribution >= 4 is 17.5 Å². The standard InChI is InChI=1S/C17H18N2O2/c1-13(14-8-4-2-5-9-14)12-18-16(20)17(21)19-15-10-6-3-7-11-15/h2-11,13H,12H2,1H3,(H,18,20)(H,19,21)/t13-/m1/s1. The molecule has 1 atom stereocenters. The molecule has 2 aromatic rings. The van der Waals surface area contributed by atoms with E-state index in [9.17, 15) is 9.59 Å². The van der Waals surface area contributed by atoms with E-state index in [1.165, 1.54) is 0 Å². The van der Waals surface area contributed by atoms with Gasteiger partial charge in [0.1, 0.15) is 0 Å². The van der Waals surface area contributed by atoms with E-state index in [0.717, 1.165) is 5.56 Å². The van der Waals surface area contributed by atoms with Crippen LogP contribution in [-0.4, -0.2) is 18.4 Å². The lowest BCUT2D eigenvalue weighted by molar-refractivity contribution is -0.136. The van der Waals surface area contributed by atoms with Crippen molar-refractivity contribution in [2.75, 3.05) is 11.9 Å². The second kappa shape index (κ2) is 7.24. The molecule has 2 amide bonds. The predicted octanol–water partition coefficient (Wildman–Crippen LogP) is 2.55. The molecule has 0 aromatic heterocycles. The zero-order valence-corrected chi connectivity index (χ0v) is 11.9. The topological polar surface area (TPSA) is 58.2 Å². The normalized spacial score (nSPS) is 11.5. The minimum absolute atomic E-state index is 0.152. The lowest BCUT2D eigenvalue weighted by Gasteiger charge is -2.13. The average molecular weight is 282 g/mol. The fourth-order valence-electron chi connectivity index (χ4n) is 1.93. The fourth-order valence-corrected chi connectivity index (χ4v) is 1.93. The number of amides is 2. The van der Waals surface area contributed by atoms with Crippen LogP contribution in [0.3, 0.4) is 0 Å². The molecule has 0 saturated heterocycles. The van der Waals surface area contributed by atoms with Gasteiger partial charge >= 0.3 is 11.8 Å². The summed E-state index contributed by atoms with van der Waals surface area (Å²) in [5.74, 6) is -1.12. The maximum atomic E-state index is 11.8. The molecule has 0 heterocycles. The Morgan fingerprint density at radius 2 is 1.48 bits per heavy atom. The summed E-state index contributed by atoms with van der Waals surface area (Å²) in [5, 5.41) is 5.20. The number of para-hydroxylation sites is 1. The van der Waals surface area contributed by atoms with Gasteiger partial charge < -0.3 is 10.6 Å². The van der Waals surface area contributed by atoms with Crippen LogP contribution >= 0.6 is 0 Å². The first-order chi connectivity index (χ1) is 10.2. The monoisotopic (exact) mass is 282 g/mol. The highest BCUT2D eigenvalue weighted by Gasteiger charge is 2.14. The summed E-state index contributed by atoms with van der Waals surface area (Å²) in [6.45, 7) is 2.43. The molecular weight excluding hydrogens is 264 g/mol. The molecule has 0 saturated carbocycles. The van der Waals surface area contributed by atoms with Gasteiger partial charge in [0.15, 0.2) is 0 Å². The highest BCUT2D eigenvalue weighted by molar-refractivity contribution is 6.39. The molecule has 0 spiro atoms. The van der Waals surface area contributed by atoms with Gasteiger partial charge in [0.2, 0.25) is 0 Å². The van der Waals surface area contributed by atoms with Gasteiger partial charge in [-0.25, -0.2) is 0 Å². The minimum atomic E-state index is -0.651. The predicted molar refractivity (Wildman–Crippen MR) is 82.9 cm³/mol. The molecule has 2 N–H and O–H groups in total. The second-order valence-corrected chi connectivity index (χ2v) is 4.84. The van der Waals surface area contributed by atoms with Crippen LogP contribution in [0.15, 0.2) is 60.7 Å². The number of anilines is 1. The van der Waals surface area contributed by atoms with Crippen LogP contribution in [0.1, 0.15) is 18.4 Å². The Kier molecular flexibility index (Phi) is 5.10. The van der Waals surface area contributed by atoms with Crippen molar-refractivity contribution in [3.63, 3.8) is 0 Å². The fraction of sp³-hybridized carbons (Fsp3) is 0.176. The molecule has 2 rings (SSSR count). The number of carbonyl (C=O) groups is 2. The molecule has 0 aliphatic carbocycles. The Morgan fingerprint density at radius 1 is 0.905 bits per heavy atom. The molecule has 2 aromatic carbocycles. The Balaban J connectivity index is 1.83. The number of nitrogens with one attached hydrogen (secondary N) is 2. The molecule has 0 fully saturated rings. The van der Waals surface area contributed by atoms with Crippen LogP contribution in [0.5, 0.6) is 0 Å². The van der Waals surface area contributed by atoms with Crippen molar-refractivity contribution in [1.29, 1.82) is 0 Å². The van der Waals surface area contributed by atoms with E-state index < -0.39 is 11.8 Å². The van der Waals surface area contributed by atoms with Gasteiger partial charge in [0.25, 0.3) is 0 Å². The Morgan fingerprint density at radius 3 is 2.10 bits per heavy atom. The van der Waals surface area contributed by atoms with Crippen LogP contribution in [0.2, 0.25) is 0 Å². The van der Waals surface area contributed by atoms with E-state index in [-0.39, 0.29) is 5.92 Å². The summed E-state index contributed by atoms with van der Waals surface area (Å²) in [6.07, 6.45) is 0. The highest BCUT2D eigenvalue weighted by Crippen LogP contribution is 2.13. The molecule has 0 aliphatic heterocycles. The summed E-state index contributed by atoms with van der Waals surface area (Å²) in [6, 6.07) is 18.8.